The van der Waals surface area contributed by atoms with Gasteiger partial charge < -0.3 is 20.3 Å². The van der Waals surface area contributed by atoms with E-state index in [9.17, 15) is 9.59 Å². The van der Waals surface area contributed by atoms with Crippen molar-refractivity contribution in [1.29, 1.82) is 0 Å². The van der Waals surface area contributed by atoms with Crippen molar-refractivity contribution >= 4 is 23.2 Å². The molecule has 0 bridgehead atoms. The van der Waals surface area contributed by atoms with E-state index in [0.717, 1.165) is 63.9 Å². The van der Waals surface area contributed by atoms with Crippen molar-refractivity contribution in [2.45, 2.75) is 103 Å². The molecule has 1 unspecified atom stereocenters. The Balaban J connectivity index is 1.47. The van der Waals surface area contributed by atoms with E-state index < -0.39 is 0 Å². The highest BCUT2D eigenvalue weighted by atomic mass is 16.5. The van der Waals surface area contributed by atoms with E-state index >= 15 is 0 Å². The summed E-state index contributed by atoms with van der Waals surface area (Å²) in [7, 11) is 0. The average Bonchev–Trinajstić information content (AvgIpc) is 3.56. The maximum absolute atomic E-state index is 13.1. The van der Waals surface area contributed by atoms with Crippen molar-refractivity contribution in [3.8, 4) is 0 Å². The molecule has 190 valence electrons. The van der Waals surface area contributed by atoms with Crippen LogP contribution in [0.2, 0.25) is 0 Å². The first-order chi connectivity index (χ1) is 16.7. The van der Waals surface area contributed by atoms with Gasteiger partial charge in [0, 0.05) is 44.0 Å². The number of hydrogen-bond donors (Lipinski definition) is 2. The average molecular weight is 472 g/mol. The molecule has 0 aromatic heterocycles. The maximum Gasteiger partial charge on any atom is 0.253 e. The minimum Gasteiger partial charge on any atom is -0.376 e. The van der Waals surface area contributed by atoms with E-state index in [-0.39, 0.29) is 17.9 Å². The van der Waals surface area contributed by atoms with Gasteiger partial charge in [-0.1, -0.05) is 58.3 Å². The molecule has 1 aromatic carbocycles. The quantitative estimate of drug-likeness (QED) is 0.305. The SMILES string of the molecule is CCCCCCCCCCCC(=O)Nc1ccc(N2CCCC2)c(C(=O)NCC2CCCO2)c1. The number of hydrogen-bond acceptors (Lipinski definition) is 4. The fourth-order valence-electron chi connectivity index (χ4n) is 4.96. The first-order valence-electron chi connectivity index (χ1n) is 13.8. The Bertz CT molecular complexity index is 755. The molecule has 1 atom stereocenters. The zero-order valence-corrected chi connectivity index (χ0v) is 21.2. The summed E-state index contributed by atoms with van der Waals surface area (Å²) in [4.78, 5) is 27.8. The van der Waals surface area contributed by atoms with Gasteiger partial charge in [0.05, 0.1) is 11.7 Å². The lowest BCUT2D eigenvalue weighted by molar-refractivity contribution is -0.116. The Morgan fingerprint density at radius 3 is 2.35 bits per heavy atom. The third kappa shape index (κ3) is 8.94. The summed E-state index contributed by atoms with van der Waals surface area (Å²) in [5.74, 6) is -0.0602. The molecule has 2 heterocycles. The lowest BCUT2D eigenvalue weighted by Gasteiger charge is -2.22. The second kappa shape index (κ2) is 15.0. The Morgan fingerprint density at radius 2 is 1.68 bits per heavy atom. The number of nitrogens with zero attached hydrogens (tertiary/aromatic N) is 1. The number of carbonyl (C=O) groups excluding carboxylic acids is 2. The summed E-state index contributed by atoms with van der Waals surface area (Å²) in [6, 6.07) is 5.76. The molecule has 2 aliphatic rings. The van der Waals surface area contributed by atoms with Gasteiger partial charge in [0.1, 0.15) is 0 Å². The fraction of sp³-hybridized carbons (Fsp3) is 0.714. The molecule has 0 radical (unpaired) electrons. The highest BCUT2D eigenvalue weighted by Gasteiger charge is 2.22. The normalized spacial score (nSPS) is 17.8. The summed E-state index contributed by atoms with van der Waals surface area (Å²) >= 11 is 0. The van der Waals surface area contributed by atoms with Crippen LogP contribution in [0.15, 0.2) is 18.2 Å². The highest BCUT2D eigenvalue weighted by Crippen LogP contribution is 2.28. The van der Waals surface area contributed by atoms with Gasteiger partial charge in [0.25, 0.3) is 5.91 Å². The molecule has 2 N–H and O–H groups in total. The van der Waals surface area contributed by atoms with Crippen molar-refractivity contribution < 1.29 is 14.3 Å². The Hall–Kier alpha value is -2.08. The van der Waals surface area contributed by atoms with Gasteiger partial charge in [0.2, 0.25) is 5.91 Å². The van der Waals surface area contributed by atoms with Crippen LogP contribution in [0.5, 0.6) is 0 Å². The Labute approximate surface area is 206 Å². The number of nitrogens with one attached hydrogen (secondary N) is 2. The maximum atomic E-state index is 13.1. The topological polar surface area (TPSA) is 70.7 Å². The molecule has 3 rings (SSSR count). The summed E-state index contributed by atoms with van der Waals surface area (Å²) in [6.45, 7) is 5.50. The van der Waals surface area contributed by atoms with Crippen LogP contribution in [-0.2, 0) is 9.53 Å². The zero-order chi connectivity index (χ0) is 24.0. The Morgan fingerprint density at radius 1 is 0.971 bits per heavy atom. The summed E-state index contributed by atoms with van der Waals surface area (Å²) in [5.41, 5.74) is 2.30. The third-order valence-corrected chi connectivity index (χ3v) is 6.99. The van der Waals surface area contributed by atoms with Crippen LogP contribution in [0.1, 0.15) is 107 Å². The van der Waals surface area contributed by atoms with Crippen LogP contribution in [0, 0.1) is 0 Å². The fourth-order valence-corrected chi connectivity index (χ4v) is 4.96. The van der Waals surface area contributed by atoms with Crippen LogP contribution in [-0.4, -0.2) is 44.2 Å². The summed E-state index contributed by atoms with van der Waals surface area (Å²) in [5, 5.41) is 6.07. The lowest BCUT2D eigenvalue weighted by atomic mass is 10.1. The second-order valence-corrected chi connectivity index (χ2v) is 9.90. The van der Waals surface area contributed by atoms with Crippen LogP contribution in [0.3, 0.4) is 0 Å². The number of rotatable bonds is 15. The van der Waals surface area contributed by atoms with Crippen LogP contribution < -0.4 is 15.5 Å². The number of ether oxygens (including phenoxy) is 1. The van der Waals surface area contributed by atoms with E-state index in [1.165, 1.54) is 44.9 Å². The first kappa shape index (κ1) is 26.5. The molecular formula is C28H45N3O3. The van der Waals surface area contributed by atoms with Gasteiger partial charge in [-0.25, -0.2) is 0 Å². The van der Waals surface area contributed by atoms with Crippen molar-refractivity contribution in [2.75, 3.05) is 36.5 Å². The minimum atomic E-state index is -0.0903. The van der Waals surface area contributed by atoms with Gasteiger partial charge in [-0.2, -0.15) is 0 Å². The molecule has 2 fully saturated rings. The molecule has 2 amide bonds. The van der Waals surface area contributed by atoms with Crippen LogP contribution in [0.4, 0.5) is 11.4 Å². The smallest absolute Gasteiger partial charge is 0.253 e. The molecule has 0 aliphatic carbocycles. The van der Waals surface area contributed by atoms with Crippen molar-refractivity contribution in [3.63, 3.8) is 0 Å². The minimum absolute atomic E-state index is 0.0302. The van der Waals surface area contributed by atoms with Crippen LogP contribution >= 0.6 is 0 Å². The summed E-state index contributed by atoms with van der Waals surface area (Å²) in [6.07, 6.45) is 16.1. The van der Waals surface area contributed by atoms with Gasteiger partial charge in [0.15, 0.2) is 0 Å². The molecular weight excluding hydrogens is 426 g/mol. The molecule has 1 aromatic rings. The van der Waals surface area contributed by atoms with E-state index in [2.05, 4.69) is 22.5 Å². The third-order valence-electron chi connectivity index (χ3n) is 6.99. The molecule has 6 nitrogen and oxygen atoms in total. The number of amides is 2. The lowest BCUT2D eigenvalue weighted by Crippen LogP contribution is -2.33. The van der Waals surface area contributed by atoms with Crippen LogP contribution in [0.25, 0.3) is 0 Å². The highest BCUT2D eigenvalue weighted by molar-refractivity contribution is 6.02. The number of benzene rings is 1. The predicted molar refractivity (Wildman–Crippen MR) is 140 cm³/mol. The number of unbranched alkanes of at least 4 members (excludes halogenated alkanes) is 8. The number of anilines is 2. The van der Waals surface area contributed by atoms with Gasteiger partial charge >= 0.3 is 0 Å². The largest absolute Gasteiger partial charge is 0.376 e. The van der Waals surface area contributed by atoms with Gasteiger partial charge in [-0.15, -0.1) is 0 Å². The monoisotopic (exact) mass is 471 g/mol. The van der Waals surface area contributed by atoms with E-state index in [0.29, 0.717) is 24.2 Å². The zero-order valence-electron chi connectivity index (χ0n) is 21.2. The van der Waals surface area contributed by atoms with Gasteiger partial charge in [-0.3, -0.25) is 9.59 Å². The first-order valence-corrected chi connectivity index (χ1v) is 13.8. The Kier molecular flexibility index (Phi) is 11.7. The van der Waals surface area contributed by atoms with Crippen molar-refractivity contribution in [3.05, 3.63) is 23.8 Å². The second-order valence-electron chi connectivity index (χ2n) is 9.90. The molecule has 6 heteroatoms. The van der Waals surface area contributed by atoms with Gasteiger partial charge in [-0.05, 0) is 50.3 Å². The van der Waals surface area contributed by atoms with Crippen molar-refractivity contribution in [1.82, 2.24) is 5.32 Å². The predicted octanol–water partition coefficient (Wildman–Crippen LogP) is 6.06. The summed E-state index contributed by atoms with van der Waals surface area (Å²) < 4.78 is 5.65. The molecule has 34 heavy (non-hydrogen) atoms. The molecule has 2 saturated heterocycles. The van der Waals surface area contributed by atoms with E-state index in [4.69, 9.17) is 4.74 Å². The van der Waals surface area contributed by atoms with Crippen molar-refractivity contribution in [2.24, 2.45) is 0 Å². The van der Waals surface area contributed by atoms with E-state index in [1.54, 1.807) is 0 Å². The standard InChI is InChI=1S/C28H45N3O3/c1-2-3-4-5-6-7-8-9-10-15-27(32)30-23-16-17-26(31-18-11-12-19-31)25(21-23)28(33)29-22-24-14-13-20-34-24/h16-17,21,24H,2-15,18-20,22H2,1H3,(H,29,33)(H,30,32). The van der Waals surface area contributed by atoms with E-state index in [1.807, 2.05) is 18.2 Å². The molecule has 0 spiro atoms. The molecule has 2 aliphatic heterocycles. The number of carbonyl (C=O) groups is 2. The molecule has 0 saturated carbocycles.